The summed E-state index contributed by atoms with van der Waals surface area (Å²) in [5.74, 6) is 0.185. The van der Waals surface area contributed by atoms with Crippen molar-refractivity contribution in [3.8, 4) is 5.75 Å². The average molecular weight is 339 g/mol. The molecule has 0 radical (unpaired) electrons. The number of halogens is 1. The number of amides is 1. The quantitative estimate of drug-likeness (QED) is 0.792. The number of benzene rings is 2. The fourth-order valence-corrected chi connectivity index (χ4v) is 3.39. The number of nitrogens with one attached hydrogen (secondary N) is 1. The first-order valence-corrected chi connectivity index (χ1v) is 8.26. The van der Waals surface area contributed by atoms with E-state index in [0.717, 1.165) is 29.7 Å². The van der Waals surface area contributed by atoms with Crippen LogP contribution in [0.15, 0.2) is 42.5 Å². The Morgan fingerprint density at radius 2 is 2.16 bits per heavy atom. The number of hydrogen-bond donors (Lipinski definition) is 1. The number of ether oxygens (including phenoxy) is 1. The van der Waals surface area contributed by atoms with Crippen LogP contribution in [0.5, 0.6) is 5.75 Å². The Hall–Kier alpha value is -2.89. The smallest absolute Gasteiger partial charge is 0.254 e. The maximum atomic E-state index is 13.9. The van der Waals surface area contributed by atoms with E-state index in [-0.39, 0.29) is 17.7 Å². The van der Waals surface area contributed by atoms with E-state index in [0.29, 0.717) is 12.1 Å². The van der Waals surface area contributed by atoms with Gasteiger partial charge in [-0.2, -0.15) is 0 Å². The molecule has 128 valence electrons. The molecule has 1 N–H and O–H groups in total. The number of para-hydroxylation sites is 2. The van der Waals surface area contributed by atoms with Gasteiger partial charge in [-0.15, -0.1) is 0 Å². The number of carbonyl (C=O) groups is 1. The number of H-pyrrole nitrogens is 1. The molecule has 3 aromatic rings. The molecule has 5 nitrogen and oxygen atoms in total. The standard InChI is InChI=1S/C19H18FN3O2/c1-25-17-9-8-12(11-13(17)20)19(24)23-10-4-7-16(23)18-21-14-5-2-3-6-15(14)22-18/h2-3,5-6,8-9,11,16H,4,7,10H2,1H3,(H,21,22)/t16-/m1/s1. The zero-order valence-electron chi connectivity index (χ0n) is 13.8. The Balaban J connectivity index is 1.64. The van der Waals surface area contributed by atoms with Crippen LogP contribution in [-0.4, -0.2) is 34.4 Å². The average Bonchev–Trinajstić information content (AvgIpc) is 3.27. The first-order valence-electron chi connectivity index (χ1n) is 8.26. The van der Waals surface area contributed by atoms with Gasteiger partial charge in [-0.05, 0) is 43.2 Å². The van der Waals surface area contributed by atoms with Gasteiger partial charge in [0.05, 0.1) is 24.2 Å². The SMILES string of the molecule is COc1ccc(C(=O)N2CCC[C@@H]2c2nc3ccccc3[nH]2)cc1F. The van der Waals surface area contributed by atoms with Crippen LogP contribution in [0.2, 0.25) is 0 Å². The van der Waals surface area contributed by atoms with E-state index in [2.05, 4.69) is 9.97 Å². The van der Waals surface area contributed by atoms with E-state index < -0.39 is 5.82 Å². The Morgan fingerprint density at radius 1 is 1.32 bits per heavy atom. The van der Waals surface area contributed by atoms with Crippen LogP contribution in [0.1, 0.15) is 35.1 Å². The predicted molar refractivity (Wildman–Crippen MR) is 92.1 cm³/mol. The lowest BCUT2D eigenvalue weighted by molar-refractivity contribution is 0.0730. The molecule has 25 heavy (non-hydrogen) atoms. The number of hydrogen-bond acceptors (Lipinski definition) is 3. The highest BCUT2D eigenvalue weighted by Gasteiger charge is 2.33. The first kappa shape index (κ1) is 15.6. The van der Waals surface area contributed by atoms with Crippen molar-refractivity contribution in [1.29, 1.82) is 0 Å². The highest BCUT2D eigenvalue weighted by Crippen LogP contribution is 2.33. The molecule has 1 fully saturated rings. The van der Waals surface area contributed by atoms with Gasteiger partial charge in [0.2, 0.25) is 0 Å². The largest absolute Gasteiger partial charge is 0.494 e. The number of carbonyl (C=O) groups excluding carboxylic acids is 1. The fourth-order valence-electron chi connectivity index (χ4n) is 3.39. The second kappa shape index (κ2) is 6.20. The summed E-state index contributed by atoms with van der Waals surface area (Å²) in [6.45, 7) is 0.633. The maximum Gasteiger partial charge on any atom is 0.254 e. The summed E-state index contributed by atoms with van der Waals surface area (Å²) in [7, 11) is 1.40. The van der Waals surface area contributed by atoms with Gasteiger partial charge in [-0.1, -0.05) is 12.1 Å². The Bertz CT molecular complexity index is 904. The van der Waals surface area contributed by atoms with E-state index >= 15 is 0 Å². The normalized spacial score (nSPS) is 17.2. The summed E-state index contributed by atoms with van der Waals surface area (Å²) < 4.78 is 18.9. The molecule has 2 aromatic carbocycles. The van der Waals surface area contributed by atoms with Gasteiger partial charge in [-0.3, -0.25) is 4.79 Å². The number of aromatic amines is 1. The maximum absolute atomic E-state index is 13.9. The van der Waals surface area contributed by atoms with Gasteiger partial charge in [0.25, 0.3) is 5.91 Å². The summed E-state index contributed by atoms with van der Waals surface area (Å²) in [6.07, 6.45) is 1.73. The minimum atomic E-state index is -0.534. The molecule has 6 heteroatoms. The molecule has 0 aliphatic carbocycles. The Kier molecular flexibility index (Phi) is 3.87. The third-order valence-corrected chi connectivity index (χ3v) is 4.64. The highest BCUT2D eigenvalue weighted by molar-refractivity contribution is 5.95. The van der Waals surface area contributed by atoms with Crippen LogP contribution >= 0.6 is 0 Å². The Labute approximate surface area is 144 Å². The first-order chi connectivity index (χ1) is 12.2. The van der Waals surface area contributed by atoms with Crippen LogP contribution in [-0.2, 0) is 0 Å². The van der Waals surface area contributed by atoms with Crippen molar-refractivity contribution in [2.45, 2.75) is 18.9 Å². The van der Waals surface area contributed by atoms with Crippen LogP contribution < -0.4 is 4.74 Å². The lowest BCUT2D eigenvalue weighted by Gasteiger charge is -2.23. The molecule has 0 unspecified atom stereocenters. The number of aromatic nitrogens is 2. The van der Waals surface area contributed by atoms with E-state index in [4.69, 9.17) is 4.74 Å². The second-order valence-corrected chi connectivity index (χ2v) is 6.15. The van der Waals surface area contributed by atoms with Crippen LogP contribution in [0.3, 0.4) is 0 Å². The number of imidazole rings is 1. The van der Waals surface area contributed by atoms with Crippen LogP contribution in [0.25, 0.3) is 11.0 Å². The van der Waals surface area contributed by atoms with Crippen LogP contribution in [0, 0.1) is 5.82 Å². The monoisotopic (exact) mass is 339 g/mol. The minimum absolute atomic E-state index is 0.120. The summed E-state index contributed by atoms with van der Waals surface area (Å²) in [4.78, 5) is 22.6. The van der Waals surface area contributed by atoms with E-state index in [1.165, 1.54) is 19.2 Å². The third kappa shape index (κ3) is 2.73. The van der Waals surface area contributed by atoms with Crippen molar-refractivity contribution in [1.82, 2.24) is 14.9 Å². The van der Waals surface area contributed by atoms with Crippen molar-refractivity contribution >= 4 is 16.9 Å². The molecule has 1 saturated heterocycles. The summed E-state index contributed by atoms with van der Waals surface area (Å²) >= 11 is 0. The summed E-state index contributed by atoms with van der Waals surface area (Å²) in [5.41, 5.74) is 2.15. The van der Waals surface area contributed by atoms with Crippen LogP contribution in [0.4, 0.5) is 4.39 Å². The summed E-state index contributed by atoms with van der Waals surface area (Å²) in [5, 5.41) is 0. The van der Waals surface area contributed by atoms with E-state index in [1.54, 1.807) is 11.0 Å². The molecule has 2 heterocycles. The van der Waals surface area contributed by atoms with Gasteiger partial charge < -0.3 is 14.6 Å². The highest BCUT2D eigenvalue weighted by atomic mass is 19.1. The third-order valence-electron chi connectivity index (χ3n) is 4.64. The number of rotatable bonds is 3. The van der Waals surface area contributed by atoms with Crippen molar-refractivity contribution in [3.63, 3.8) is 0 Å². The van der Waals surface area contributed by atoms with Gasteiger partial charge in [-0.25, -0.2) is 9.37 Å². The number of methoxy groups -OCH3 is 1. The van der Waals surface area contributed by atoms with Gasteiger partial charge in [0.1, 0.15) is 5.82 Å². The molecular formula is C19H18FN3O2. The van der Waals surface area contributed by atoms with Crippen molar-refractivity contribution in [2.75, 3.05) is 13.7 Å². The lowest BCUT2D eigenvalue weighted by Crippen LogP contribution is -2.31. The zero-order valence-corrected chi connectivity index (χ0v) is 13.8. The van der Waals surface area contributed by atoms with Crippen molar-refractivity contribution in [3.05, 3.63) is 59.7 Å². The number of fused-ring (bicyclic) bond motifs is 1. The molecule has 0 spiro atoms. The fraction of sp³-hybridized carbons (Fsp3) is 0.263. The molecule has 1 aromatic heterocycles. The molecule has 0 bridgehead atoms. The molecular weight excluding hydrogens is 321 g/mol. The van der Waals surface area contributed by atoms with E-state index in [1.807, 2.05) is 24.3 Å². The van der Waals surface area contributed by atoms with Crippen molar-refractivity contribution in [2.24, 2.45) is 0 Å². The lowest BCUT2D eigenvalue weighted by atomic mass is 10.1. The molecule has 1 atom stereocenters. The zero-order chi connectivity index (χ0) is 17.4. The predicted octanol–water partition coefficient (Wildman–Crippen LogP) is 3.69. The summed E-state index contributed by atoms with van der Waals surface area (Å²) in [6, 6.07) is 12.0. The number of likely N-dealkylation sites (tertiary alicyclic amines) is 1. The Morgan fingerprint density at radius 3 is 2.92 bits per heavy atom. The van der Waals surface area contributed by atoms with E-state index in [9.17, 15) is 9.18 Å². The van der Waals surface area contributed by atoms with Crippen molar-refractivity contribution < 1.29 is 13.9 Å². The van der Waals surface area contributed by atoms with Gasteiger partial charge >= 0.3 is 0 Å². The topological polar surface area (TPSA) is 58.2 Å². The molecule has 1 aliphatic heterocycles. The molecule has 0 saturated carbocycles. The second-order valence-electron chi connectivity index (χ2n) is 6.15. The molecule has 4 rings (SSSR count). The van der Waals surface area contributed by atoms with Gasteiger partial charge in [0, 0.05) is 12.1 Å². The van der Waals surface area contributed by atoms with Gasteiger partial charge in [0.15, 0.2) is 11.6 Å². The number of nitrogens with zero attached hydrogens (tertiary/aromatic N) is 2. The molecule has 1 aliphatic rings. The minimum Gasteiger partial charge on any atom is -0.494 e. The molecule has 1 amide bonds.